The van der Waals surface area contributed by atoms with Crippen LogP contribution >= 0.6 is 0 Å². The predicted octanol–water partition coefficient (Wildman–Crippen LogP) is 3.71. The summed E-state index contributed by atoms with van der Waals surface area (Å²) in [5.74, 6) is 3.56. The van der Waals surface area contributed by atoms with Crippen LogP contribution in [0, 0.1) is 0 Å². The first-order chi connectivity index (χ1) is 14.8. The second-order valence-corrected chi connectivity index (χ2v) is 6.33. The topological polar surface area (TPSA) is 97.4 Å². The van der Waals surface area contributed by atoms with E-state index in [0.717, 1.165) is 5.75 Å². The molecular formula is C22H21N3O5. The number of benzene rings is 2. The number of para-hydroxylation sites is 1. The summed E-state index contributed by atoms with van der Waals surface area (Å²) < 4.78 is 21.9. The van der Waals surface area contributed by atoms with Gasteiger partial charge in [0.25, 0.3) is 0 Å². The molecule has 2 heterocycles. The average molecular weight is 407 g/mol. The van der Waals surface area contributed by atoms with Crippen molar-refractivity contribution in [2.45, 2.75) is 6.42 Å². The van der Waals surface area contributed by atoms with E-state index >= 15 is 0 Å². The zero-order chi connectivity index (χ0) is 20.6. The number of fused-ring (bicyclic) bond motifs is 1. The van der Waals surface area contributed by atoms with Crippen LogP contribution in [0.15, 0.2) is 72.0 Å². The fourth-order valence-corrected chi connectivity index (χ4v) is 2.65. The van der Waals surface area contributed by atoms with E-state index in [0.29, 0.717) is 48.3 Å². The van der Waals surface area contributed by atoms with Crippen molar-refractivity contribution in [3.05, 3.63) is 72.4 Å². The smallest absolute Gasteiger partial charge is 0.231 e. The molecule has 0 saturated heterocycles. The van der Waals surface area contributed by atoms with Gasteiger partial charge in [0, 0.05) is 30.3 Å². The second kappa shape index (κ2) is 9.51. The van der Waals surface area contributed by atoms with Gasteiger partial charge in [-0.1, -0.05) is 23.4 Å². The third-order valence-electron chi connectivity index (χ3n) is 4.15. The van der Waals surface area contributed by atoms with Crippen molar-refractivity contribution >= 4 is 5.84 Å². The Kier molecular flexibility index (Phi) is 6.14. The van der Waals surface area contributed by atoms with Crippen LogP contribution < -0.4 is 24.7 Å². The fraction of sp³-hybridized carbons (Fsp3) is 0.182. The summed E-state index contributed by atoms with van der Waals surface area (Å²) in [5.41, 5.74) is 6.59. The summed E-state index contributed by atoms with van der Waals surface area (Å²) >= 11 is 0. The van der Waals surface area contributed by atoms with Crippen LogP contribution in [-0.4, -0.2) is 30.8 Å². The molecule has 0 aliphatic carbocycles. The highest BCUT2D eigenvalue weighted by atomic mass is 16.7. The van der Waals surface area contributed by atoms with Gasteiger partial charge in [0.2, 0.25) is 12.7 Å². The minimum absolute atomic E-state index is 0.240. The monoisotopic (exact) mass is 407 g/mol. The minimum atomic E-state index is 0.240. The van der Waals surface area contributed by atoms with Crippen molar-refractivity contribution in [3.8, 4) is 28.9 Å². The van der Waals surface area contributed by atoms with Gasteiger partial charge in [-0.2, -0.15) is 0 Å². The van der Waals surface area contributed by atoms with E-state index in [9.17, 15) is 0 Å². The number of nitrogens with two attached hydrogens (primary N) is 1. The minimum Gasteiger partial charge on any atom is -0.493 e. The van der Waals surface area contributed by atoms with Crippen LogP contribution in [0.2, 0.25) is 0 Å². The molecule has 0 radical (unpaired) electrons. The lowest BCUT2D eigenvalue weighted by atomic mass is 10.3. The Morgan fingerprint density at radius 2 is 1.83 bits per heavy atom. The number of hydrogen-bond donors (Lipinski definition) is 1. The number of amidine groups is 1. The van der Waals surface area contributed by atoms with Crippen molar-refractivity contribution < 1.29 is 23.8 Å². The first-order valence-corrected chi connectivity index (χ1v) is 9.45. The van der Waals surface area contributed by atoms with Gasteiger partial charge in [-0.25, -0.2) is 4.98 Å². The Hall–Kier alpha value is -3.94. The summed E-state index contributed by atoms with van der Waals surface area (Å²) in [5, 5.41) is 3.92. The maximum absolute atomic E-state index is 5.94. The Bertz CT molecular complexity index is 993. The molecule has 30 heavy (non-hydrogen) atoms. The lowest BCUT2D eigenvalue weighted by Gasteiger charge is -2.07. The number of pyridine rings is 1. The van der Waals surface area contributed by atoms with Gasteiger partial charge >= 0.3 is 0 Å². The van der Waals surface area contributed by atoms with E-state index in [1.807, 2.05) is 42.5 Å². The van der Waals surface area contributed by atoms with E-state index in [2.05, 4.69) is 10.1 Å². The molecule has 2 N–H and O–H groups in total. The molecular weight excluding hydrogens is 386 g/mol. The van der Waals surface area contributed by atoms with Crippen LogP contribution in [0.25, 0.3) is 0 Å². The largest absolute Gasteiger partial charge is 0.493 e. The van der Waals surface area contributed by atoms with Crippen molar-refractivity contribution in [3.63, 3.8) is 0 Å². The van der Waals surface area contributed by atoms with Crippen LogP contribution in [0.5, 0.6) is 28.9 Å². The van der Waals surface area contributed by atoms with Gasteiger partial charge in [-0.3, -0.25) is 0 Å². The molecule has 0 bridgehead atoms. The molecule has 1 aliphatic heterocycles. The molecule has 0 spiro atoms. The van der Waals surface area contributed by atoms with Gasteiger partial charge in [0.1, 0.15) is 18.1 Å². The van der Waals surface area contributed by atoms with Crippen molar-refractivity contribution in [2.75, 3.05) is 20.0 Å². The third kappa shape index (κ3) is 5.11. The molecule has 0 amide bonds. The molecule has 154 valence electrons. The van der Waals surface area contributed by atoms with E-state index in [4.69, 9.17) is 29.5 Å². The molecule has 1 aliphatic rings. The molecule has 3 aromatic rings. The SMILES string of the molecule is N/C(=N/OCCCOc1ccc2c(c1)OCO2)c1ccc(Oc2ccccc2)nc1. The van der Waals surface area contributed by atoms with E-state index in [-0.39, 0.29) is 12.6 Å². The summed E-state index contributed by atoms with van der Waals surface area (Å²) in [6.45, 7) is 1.08. The highest BCUT2D eigenvalue weighted by Gasteiger charge is 2.13. The number of nitrogens with zero attached hydrogens (tertiary/aromatic N) is 2. The Balaban J connectivity index is 1.18. The predicted molar refractivity (Wildman–Crippen MR) is 110 cm³/mol. The third-order valence-corrected chi connectivity index (χ3v) is 4.15. The molecule has 8 heteroatoms. The standard InChI is InChI=1S/C22H21N3O5/c23-22(16-7-10-21(24-14-16)30-17-5-2-1-3-6-17)25-29-12-4-11-26-18-8-9-19-20(13-18)28-15-27-19/h1-3,5-10,13-14H,4,11-12,15H2,(H2,23,25). The molecule has 0 atom stereocenters. The van der Waals surface area contributed by atoms with Gasteiger partial charge in [0.05, 0.1) is 6.61 Å². The van der Waals surface area contributed by atoms with Gasteiger partial charge in [0.15, 0.2) is 17.3 Å². The molecule has 4 rings (SSSR count). The summed E-state index contributed by atoms with van der Waals surface area (Å²) in [4.78, 5) is 9.50. The Labute approximate surface area is 173 Å². The maximum Gasteiger partial charge on any atom is 0.231 e. The first-order valence-electron chi connectivity index (χ1n) is 9.45. The maximum atomic E-state index is 5.94. The zero-order valence-electron chi connectivity index (χ0n) is 16.2. The van der Waals surface area contributed by atoms with Crippen molar-refractivity contribution in [1.29, 1.82) is 0 Å². The quantitative estimate of drug-likeness (QED) is 0.250. The molecule has 0 fully saturated rings. The van der Waals surface area contributed by atoms with Gasteiger partial charge in [-0.15, -0.1) is 0 Å². The number of hydrogen-bond acceptors (Lipinski definition) is 7. The number of oxime groups is 1. The zero-order valence-corrected chi connectivity index (χ0v) is 16.2. The molecule has 2 aromatic carbocycles. The highest BCUT2D eigenvalue weighted by molar-refractivity contribution is 5.96. The van der Waals surface area contributed by atoms with E-state index < -0.39 is 0 Å². The van der Waals surface area contributed by atoms with Crippen LogP contribution in [0.1, 0.15) is 12.0 Å². The van der Waals surface area contributed by atoms with Crippen LogP contribution in [0.3, 0.4) is 0 Å². The second-order valence-electron chi connectivity index (χ2n) is 6.33. The van der Waals surface area contributed by atoms with Crippen molar-refractivity contribution in [1.82, 2.24) is 4.98 Å². The summed E-state index contributed by atoms with van der Waals surface area (Å²) in [7, 11) is 0. The summed E-state index contributed by atoms with van der Waals surface area (Å²) in [6.07, 6.45) is 2.23. The Morgan fingerprint density at radius 3 is 2.67 bits per heavy atom. The fourth-order valence-electron chi connectivity index (χ4n) is 2.65. The van der Waals surface area contributed by atoms with Crippen LogP contribution in [-0.2, 0) is 4.84 Å². The van der Waals surface area contributed by atoms with E-state index in [1.165, 1.54) is 0 Å². The molecule has 0 unspecified atom stereocenters. The Morgan fingerprint density at radius 1 is 0.967 bits per heavy atom. The number of ether oxygens (including phenoxy) is 4. The highest BCUT2D eigenvalue weighted by Crippen LogP contribution is 2.35. The van der Waals surface area contributed by atoms with Crippen LogP contribution in [0.4, 0.5) is 0 Å². The number of rotatable bonds is 9. The lowest BCUT2D eigenvalue weighted by molar-refractivity contribution is 0.127. The number of aromatic nitrogens is 1. The lowest BCUT2D eigenvalue weighted by Crippen LogP contribution is -2.14. The van der Waals surface area contributed by atoms with E-state index in [1.54, 1.807) is 24.4 Å². The summed E-state index contributed by atoms with van der Waals surface area (Å²) in [6, 6.07) is 18.4. The van der Waals surface area contributed by atoms with Gasteiger partial charge in [-0.05, 0) is 30.3 Å². The molecule has 0 saturated carbocycles. The normalized spacial score (nSPS) is 12.5. The van der Waals surface area contributed by atoms with Gasteiger partial charge < -0.3 is 29.5 Å². The van der Waals surface area contributed by atoms with Crippen molar-refractivity contribution in [2.24, 2.45) is 10.9 Å². The molecule has 8 nitrogen and oxygen atoms in total. The average Bonchev–Trinajstić information content (AvgIpc) is 3.25. The molecule has 1 aromatic heterocycles. The first kappa shape index (κ1) is 19.4.